The average molecular weight is 239 g/mol. The molecule has 0 unspecified atom stereocenters. The topological polar surface area (TPSA) is 113 Å². The first-order valence-corrected chi connectivity index (χ1v) is 5.54. The lowest BCUT2D eigenvalue weighted by atomic mass is 10.4. The van der Waals surface area contributed by atoms with E-state index in [-0.39, 0.29) is 6.54 Å². The normalized spacial score (nSPS) is 11.8. The van der Waals surface area contributed by atoms with Crippen LogP contribution in [-0.2, 0) is 16.8 Å². The average Bonchev–Trinajstić information content (AvgIpc) is 2.44. The Morgan fingerprint density at radius 1 is 1.64 bits per heavy atom. The largest absolute Gasteiger partial charge is 0.333 e. The number of H-pyrrole nitrogens is 1. The van der Waals surface area contributed by atoms with Gasteiger partial charge in [-0.2, -0.15) is 18.4 Å². The van der Waals surface area contributed by atoms with E-state index in [0.29, 0.717) is 17.7 Å². The smallest absolute Gasteiger partial charge is 0.273 e. The van der Waals surface area contributed by atoms with E-state index in [1.54, 1.807) is 0 Å². The van der Waals surface area contributed by atoms with Gasteiger partial charge in [0.2, 0.25) is 4.77 Å². The summed E-state index contributed by atoms with van der Waals surface area (Å²) in [6.07, 6.45) is 0.470. The van der Waals surface area contributed by atoms with Crippen molar-refractivity contribution in [1.29, 1.82) is 0 Å². The Hall–Kier alpha value is -0.840. The molecule has 8 nitrogen and oxygen atoms in total. The third-order valence-corrected chi connectivity index (χ3v) is 2.25. The van der Waals surface area contributed by atoms with Crippen molar-refractivity contribution >= 4 is 22.5 Å². The van der Waals surface area contributed by atoms with Crippen LogP contribution in [0.15, 0.2) is 0 Å². The highest BCUT2D eigenvalue weighted by atomic mass is 32.2. The van der Waals surface area contributed by atoms with Gasteiger partial charge in [0, 0.05) is 13.1 Å². The monoisotopic (exact) mass is 239 g/mol. The van der Waals surface area contributed by atoms with E-state index < -0.39 is 10.3 Å². The van der Waals surface area contributed by atoms with Crippen molar-refractivity contribution in [2.45, 2.75) is 13.0 Å². The van der Waals surface area contributed by atoms with E-state index in [0.717, 1.165) is 0 Å². The molecule has 0 saturated heterocycles. The van der Waals surface area contributed by atoms with Crippen LogP contribution in [-0.4, -0.2) is 39.7 Å². The molecule has 80 valence electrons. The fourth-order valence-corrected chi connectivity index (χ4v) is 1.38. The van der Waals surface area contributed by atoms with Gasteiger partial charge < -0.3 is 0 Å². The first-order chi connectivity index (χ1) is 6.49. The summed E-state index contributed by atoms with van der Waals surface area (Å²) in [7, 11) is -4.10. The maximum absolute atomic E-state index is 10.2. The second-order valence-corrected chi connectivity index (χ2v) is 4.06. The van der Waals surface area contributed by atoms with Crippen LogP contribution in [0.25, 0.3) is 0 Å². The summed E-state index contributed by atoms with van der Waals surface area (Å²) >= 11 is 4.78. The van der Waals surface area contributed by atoms with Crippen molar-refractivity contribution in [3.63, 3.8) is 0 Å². The summed E-state index contributed by atoms with van der Waals surface area (Å²) in [5, 5.41) is 9.49. The third kappa shape index (κ3) is 3.91. The highest BCUT2D eigenvalue weighted by Gasteiger charge is 2.01. The molecule has 0 spiro atoms. The zero-order valence-electron chi connectivity index (χ0n) is 7.04. The molecule has 3 N–H and O–H groups in total. The van der Waals surface area contributed by atoms with E-state index in [9.17, 15) is 8.42 Å². The van der Waals surface area contributed by atoms with Crippen molar-refractivity contribution in [2.75, 3.05) is 6.54 Å². The highest BCUT2D eigenvalue weighted by Crippen LogP contribution is 1.87. The van der Waals surface area contributed by atoms with Gasteiger partial charge >= 0.3 is 10.3 Å². The van der Waals surface area contributed by atoms with E-state index >= 15 is 0 Å². The highest BCUT2D eigenvalue weighted by molar-refractivity contribution is 7.83. The molecule has 0 aliphatic heterocycles. The minimum Gasteiger partial charge on any atom is -0.273 e. The van der Waals surface area contributed by atoms with Crippen LogP contribution in [0, 0.1) is 4.77 Å². The molecular formula is C4H9N5O3S2. The van der Waals surface area contributed by atoms with Crippen LogP contribution in [0.4, 0.5) is 0 Å². The molecule has 1 aromatic heterocycles. The quantitative estimate of drug-likeness (QED) is 0.349. The lowest BCUT2D eigenvalue weighted by Crippen LogP contribution is -2.24. The molecule has 0 bridgehead atoms. The maximum Gasteiger partial charge on any atom is 0.333 e. The molecule has 14 heavy (non-hydrogen) atoms. The number of aryl methyl sites for hydroxylation is 1. The van der Waals surface area contributed by atoms with Crippen molar-refractivity contribution in [3.8, 4) is 0 Å². The number of hydrogen-bond acceptors (Lipinski definition) is 5. The summed E-state index contributed by atoms with van der Waals surface area (Å²) in [6.45, 7) is 0.577. The lowest BCUT2D eigenvalue weighted by molar-refractivity contribution is 0.461. The first kappa shape index (κ1) is 11.2. The molecule has 1 rings (SSSR count). The summed E-state index contributed by atoms with van der Waals surface area (Å²) in [5.41, 5.74) is 0. The molecule has 0 atom stereocenters. The van der Waals surface area contributed by atoms with Gasteiger partial charge in [-0.05, 0) is 18.6 Å². The van der Waals surface area contributed by atoms with Crippen LogP contribution in [0.3, 0.4) is 0 Å². The lowest BCUT2D eigenvalue weighted by Gasteiger charge is -2.00. The molecule has 10 heteroatoms. The SMILES string of the molecule is O=S(=O)(O)NCCCn1[nH]nnc1=S. The maximum atomic E-state index is 10.2. The van der Waals surface area contributed by atoms with Gasteiger partial charge in [0.15, 0.2) is 0 Å². The molecule has 1 heterocycles. The zero-order chi connectivity index (χ0) is 10.6. The van der Waals surface area contributed by atoms with E-state index in [2.05, 4.69) is 15.5 Å². The van der Waals surface area contributed by atoms with Crippen LogP contribution >= 0.6 is 12.2 Å². The number of aromatic amines is 1. The minimum absolute atomic E-state index is 0.125. The summed E-state index contributed by atoms with van der Waals surface area (Å²) < 4.78 is 32.5. The van der Waals surface area contributed by atoms with Gasteiger partial charge in [-0.1, -0.05) is 10.3 Å². The van der Waals surface area contributed by atoms with Gasteiger partial charge in [0.1, 0.15) is 0 Å². The molecule has 0 amide bonds. The van der Waals surface area contributed by atoms with E-state index in [1.807, 2.05) is 4.72 Å². The molecular weight excluding hydrogens is 230 g/mol. The molecule has 0 aliphatic rings. The Kier molecular flexibility index (Phi) is 3.69. The minimum atomic E-state index is -4.10. The van der Waals surface area contributed by atoms with Crippen LogP contribution in [0.5, 0.6) is 0 Å². The Morgan fingerprint density at radius 3 is 2.86 bits per heavy atom. The van der Waals surface area contributed by atoms with Crippen LogP contribution < -0.4 is 4.72 Å². The molecule has 0 radical (unpaired) electrons. The predicted octanol–water partition coefficient (Wildman–Crippen LogP) is -0.882. The van der Waals surface area contributed by atoms with Crippen molar-refractivity contribution in [2.24, 2.45) is 0 Å². The van der Waals surface area contributed by atoms with E-state index in [1.165, 1.54) is 4.68 Å². The van der Waals surface area contributed by atoms with Gasteiger partial charge in [-0.25, -0.2) is 4.68 Å². The van der Waals surface area contributed by atoms with Crippen molar-refractivity contribution in [3.05, 3.63) is 4.77 Å². The molecule has 0 fully saturated rings. The molecule has 0 aliphatic carbocycles. The number of nitrogens with one attached hydrogen (secondary N) is 2. The number of hydrogen-bond donors (Lipinski definition) is 3. The molecule has 1 aromatic rings. The Labute approximate surface area is 85.2 Å². The second-order valence-electron chi connectivity index (χ2n) is 2.46. The fraction of sp³-hybridized carbons (Fsp3) is 0.750. The molecule has 0 saturated carbocycles. The number of rotatable bonds is 5. The van der Waals surface area contributed by atoms with Gasteiger partial charge in [0.05, 0.1) is 0 Å². The summed E-state index contributed by atoms with van der Waals surface area (Å²) in [4.78, 5) is 0. The predicted molar refractivity (Wildman–Crippen MR) is 49.4 cm³/mol. The van der Waals surface area contributed by atoms with Gasteiger partial charge in [-0.15, -0.1) is 0 Å². The van der Waals surface area contributed by atoms with Gasteiger partial charge in [0.25, 0.3) is 0 Å². The number of tetrazole rings is 1. The summed E-state index contributed by atoms with van der Waals surface area (Å²) in [6, 6.07) is 0. The standard InChI is InChI=1S/C4H9N5O3S2/c10-14(11,12)5-2-1-3-9-4(13)6-7-8-9/h5H,1-3H2,(H,6,8,13)(H,10,11,12). The van der Waals surface area contributed by atoms with E-state index in [4.69, 9.17) is 16.8 Å². The number of aromatic nitrogens is 4. The zero-order valence-corrected chi connectivity index (χ0v) is 8.68. The third-order valence-electron chi connectivity index (χ3n) is 1.37. The summed E-state index contributed by atoms with van der Waals surface area (Å²) in [5.74, 6) is 0. The molecule has 0 aromatic carbocycles. The Morgan fingerprint density at radius 2 is 2.36 bits per heavy atom. The Bertz CT molecular complexity index is 434. The second kappa shape index (κ2) is 4.59. The fourth-order valence-electron chi connectivity index (χ4n) is 0.800. The van der Waals surface area contributed by atoms with Crippen LogP contribution in [0.2, 0.25) is 0 Å². The van der Waals surface area contributed by atoms with Crippen LogP contribution in [0.1, 0.15) is 6.42 Å². The number of nitrogens with zero attached hydrogens (tertiary/aromatic N) is 3. The Balaban J connectivity index is 2.30. The van der Waals surface area contributed by atoms with Crippen molar-refractivity contribution in [1.82, 2.24) is 24.9 Å². The first-order valence-electron chi connectivity index (χ1n) is 3.69. The van der Waals surface area contributed by atoms with Crippen molar-refractivity contribution < 1.29 is 13.0 Å². The van der Waals surface area contributed by atoms with Gasteiger partial charge in [-0.3, -0.25) is 4.55 Å².